The minimum Gasteiger partial charge on any atom is -0.322 e. The number of carbonyl (C=O) groups excluding carboxylic acids is 2. The molecule has 0 aliphatic carbocycles. The SMILES string of the molecule is Cc1ccc(NC(=O)c2ccc(C#N)cc2)cc1N1CCCCC1=O. The van der Waals surface area contributed by atoms with E-state index in [-0.39, 0.29) is 11.8 Å². The average molecular weight is 333 g/mol. The van der Waals surface area contributed by atoms with Gasteiger partial charge in [0.2, 0.25) is 5.91 Å². The third-order valence-corrected chi connectivity index (χ3v) is 4.36. The Morgan fingerprint density at radius 2 is 1.92 bits per heavy atom. The van der Waals surface area contributed by atoms with Gasteiger partial charge in [-0.3, -0.25) is 9.59 Å². The number of rotatable bonds is 3. The lowest BCUT2D eigenvalue weighted by Gasteiger charge is -2.28. The molecule has 2 amide bonds. The van der Waals surface area contributed by atoms with Gasteiger partial charge >= 0.3 is 0 Å². The molecule has 5 heteroatoms. The van der Waals surface area contributed by atoms with Gasteiger partial charge in [0, 0.05) is 29.9 Å². The molecule has 1 N–H and O–H groups in total. The summed E-state index contributed by atoms with van der Waals surface area (Å²) in [6.07, 6.45) is 2.50. The topological polar surface area (TPSA) is 73.2 Å². The molecule has 3 rings (SSSR count). The van der Waals surface area contributed by atoms with Crippen molar-refractivity contribution in [3.8, 4) is 6.07 Å². The summed E-state index contributed by atoms with van der Waals surface area (Å²) in [5, 5.41) is 11.7. The number of nitrogens with zero attached hydrogens (tertiary/aromatic N) is 2. The summed E-state index contributed by atoms with van der Waals surface area (Å²) in [6, 6.07) is 14.1. The number of aryl methyl sites for hydroxylation is 1. The molecule has 1 aliphatic rings. The minimum atomic E-state index is -0.246. The molecule has 1 heterocycles. The fourth-order valence-electron chi connectivity index (χ4n) is 2.94. The molecule has 0 saturated carbocycles. The highest BCUT2D eigenvalue weighted by molar-refractivity contribution is 6.05. The normalized spacial score (nSPS) is 14.1. The number of hydrogen-bond acceptors (Lipinski definition) is 3. The van der Waals surface area contributed by atoms with Crippen LogP contribution in [0.4, 0.5) is 11.4 Å². The highest BCUT2D eigenvalue weighted by Gasteiger charge is 2.21. The highest BCUT2D eigenvalue weighted by Crippen LogP contribution is 2.28. The highest BCUT2D eigenvalue weighted by atomic mass is 16.2. The minimum absolute atomic E-state index is 0.130. The lowest BCUT2D eigenvalue weighted by atomic mass is 10.1. The second kappa shape index (κ2) is 7.18. The van der Waals surface area contributed by atoms with Gasteiger partial charge in [0.05, 0.1) is 11.6 Å². The Balaban J connectivity index is 1.80. The molecule has 1 aliphatic heterocycles. The summed E-state index contributed by atoms with van der Waals surface area (Å²) < 4.78 is 0. The van der Waals surface area contributed by atoms with Crippen LogP contribution >= 0.6 is 0 Å². The molecule has 0 spiro atoms. The predicted molar refractivity (Wildman–Crippen MR) is 96.5 cm³/mol. The van der Waals surface area contributed by atoms with Gasteiger partial charge in [0.1, 0.15) is 0 Å². The molecular weight excluding hydrogens is 314 g/mol. The van der Waals surface area contributed by atoms with Crippen LogP contribution in [-0.4, -0.2) is 18.4 Å². The van der Waals surface area contributed by atoms with Crippen molar-refractivity contribution < 1.29 is 9.59 Å². The molecule has 2 aromatic rings. The maximum Gasteiger partial charge on any atom is 0.255 e. The van der Waals surface area contributed by atoms with Crippen molar-refractivity contribution in [1.82, 2.24) is 0 Å². The summed E-state index contributed by atoms with van der Waals surface area (Å²) >= 11 is 0. The van der Waals surface area contributed by atoms with Crippen LogP contribution in [0.1, 0.15) is 40.7 Å². The number of nitriles is 1. The van der Waals surface area contributed by atoms with Crippen LogP contribution in [0.25, 0.3) is 0 Å². The first-order valence-electron chi connectivity index (χ1n) is 8.31. The first-order valence-corrected chi connectivity index (χ1v) is 8.31. The van der Waals surface area contributed by atoms with Crippen molar-refractivity contribution in [3.05, 3.63) is 59.2 Å². The standard InChI is InChI=1S/C20H19N3O2/c1-14-5-10-17(12-18(14)23-11-3-2-4-19(23)24)22-20(25)16-8-6-15(13-21)7-9-16/h5-10,12H,2-4,11H2,1H3,(H,22,25). The van der Waals surface area contributed by atoms with Gasteiger partial charge in [0.25, 0.3) is 5.91 Å². The summed E-state index contributed by atoms with van der Waals surface area (Å²) in [4.78, 5) is 26.4. The van der Waals surface area contributed by atoms with E-state index >= 15 is 0 Å². The van der Waals surface area contributed by atoms with E-state index in [1.54, 1.807) is 29.2 Å². The molecule has 0 atom stereocenters. The Morgan fingerprint density at radius 3 is 2.60 bits per heavy atom. The average Bonchev–Trinajstić information content (AvgIpc) is 2.64. The monoisotopic (exact) mass is 333 g/mol. The molecule has 5 nitrogen and oxygen atoms in total. The van der Waals surface area contributed by atoms with E-state index in [0.29, 0.717) is 29.8 Å². The molecule has 0 radical (unpaired) electrons. The van der Waals surface area contributed by atoms with E-state index in [4.69, 9.17) is 5.26 Å². The van der Waals surface area contributed by atoms with Crippen molar-refractivity contribution in [2.24, 2.45) is 0 Å². The fourth-order valence-corrected chi connectivity index (χ4v) is 2.94. The Labute approximate surface area is 146 Å². The molecule has 126 valence electrons. The first kappa shape index (κ1) is 16.7. The molecule has 2 aromatic carbocycles. The molecular formula is C20H19N3O2. The van der Waals surface area contributed by atoms with Gasteiger partial charge in [0.15, 0.2) is 0 Å². The zero-order valence-electron chi connectivity index (χ0n) is 14.1. The summed E-state index contributed by atoms with van der Waals surface area (Å²) in [6.45, 7) is 2.68. The van der Waals surface area contributed by atoms with Crippen molar-refractivity contribution in [2.75, 3.05) is 16.8 Å². The van der Waals surface area contributed by atoms with Gasteiger partial charge in [-0.25, -0.2) is 0 Å². The molecule has 0 aromatic heterocycles. The van der Waals surface area contributed by atoms with Crippen LogP contribution in [-0.2, 0) is 4.79 Å². The summed E-state index contributed by atoms with van der Waals surface area (Å²) in [7, 11) is 0. The van der Waals surface area contributed by atoms with E-state index in [0.717, 1.165) is 24.1 Å². The van der Waals surface area contributed by atoms with E-state index in [2.05, 4.69) is 5.32 Å². The van der Waals surface area contributed by atoms with Crippen molar-refractivity contribution in [2.45, 2.75) is 26.2 Å². The number of anilines is 2. The fraction of sp³-hybridized carbons (Fsp3) is 0.250. The molecule has 1 saturated heterocycles. The van der Waals surface area contributed by atoms with Crippen LogP contribution in [0.3, 0.4) is 0 Å². The molecule has 25 heavy (non-hydrogen) atoms. The van der Waals surface area contributed by atoms with Gasteiger partial charge < -0.3 is 10.2 Å². The second-order valence-corrected chi connectivity index (χ2v) is 6.15. The predicted octanol–water partition coefficient (Wildman–Crippen LogP) is 3.64. The number of hydrogen-bond donors (Lipinski definition) is 1. The Bertz CT molecular complexity index is 850. The largest absolute Gasteiger partial charge is 0.322 e. The van der Waals surface area contributed by atoms with E-state index in [1.165, 1.54) is 0 Å². The lowest BCUT2D eigenvalue weighted by molar-refractivity contribution is -0.119. The van der Waals surface area contributed by atoms with Crippen LogP contribution in [0, 0.1) is 18.3 Å². The van der Waals surface area contributed by atoms with Crippen molar-refractivity contribution in [3.63, 3.8) is 0 Å². The van der Waals surface area contributed by atoms with Crippen LogP contribution < -0.4 is 10.2 Å². The van der Waals surface area contributed by atoms with Gasteiger partial charge in [-0.2, -0.15) is 5.26 Å². The third-order valence-electron chi connectivity index (χ3n) is 4.36. The molecule has 0 unspecified atom stereocenters. The summed E-state index contributed by atoms with van der Waals surface area (Å²) in [5.41, 5.74) is 3.50. The zero-order valence-corrected chi connectivity index (χ0v) is 14.1. The zero-order chi connectivity index (χ0) is 17.8. The van der Waals surface area contributed by atoms with Gasteiger partial charge in [-0.1, -0.05) is 6.07 Å². The number of amides is 2. The Kier molecular flexibility index (Phi) is 4.80. The smallest absolute Gasteiger partial charge is 0.255 e. The van der Waals surface area contributed by atoms with Crippen molar-refractivity contribution in [1.29, 1.82) is 5.26 Å². The van der Waals surface area contributed by atoms with Crippen molar-refractivity contribution >= 4 is 23.2 Å². The van der Waals surface area contributed by atoms with Crippen LogP contribution in [0.5, 0.6) is 0 Å². The van der Waals surface area contributed by atoms with E-state index < -0.39 is 0 Å². The molecule has 0 bridgehead atoms. The number of nitrogens with one attached hydrogen (secondary N) is 1. The number of piperidine rings is 1. The molecule has 1 fully saturated rings. The van der Waals surface area contributed by atoms with Crippen LogP contribution in [0.2, 0.25) is 0 Å². The van der Waals surface area contributed by atoms with E-state index in [9.17, 15) is 9.59 Å². The lowest BCUT2D eigenvalue weighted by Crippen LogP contribution is -2.35. The third kappa shape index (κ3) is 3.69. The first-order chi connectivity index (χ1) is 12.1. The number of benzene rings is 2. The second-order valence-electron chi connectivity index (χ2n) is 6.15. The Morgan fingerprint density at radius 1 is 1.16 bits per heavy atom. The van der Waals surface area contributed by atoms with Gasteiger partial charge in [-0.15, -0.1) is 0 Å². The Hall–Kier alpha value is -3.13. The van der Waals surface area contributed by atoms with Crippen LogP contribution in [0.15, 0.2) is 42.5 Å². The quantitative estimate of drug-likeness (QED) is 0.932. The summed E-state index contributed by atoms with van der Waals surface area (Å²) in [5.74, 6) is -0.116. The maximum atomic E-state index is 12.4. The number of carbonyl (C=O) groups is 2. The van der Waals surface area contributed by atoms with Gasteiger partial charge in [-0.05, 0) is 61.7 Å². The maximum absolute atomic E-state index is 12.4. The van der Waals surface area contributed by atoms with E-state index in [1.807, 2.05) is 31.2 Å².